The van der Waals surface area contributed by atoms with Crippen molar-refractivity contribution in [2.24, 2.45) is 0 Å². The number of nitrogens with one attached hydrogen (secondary N) is 1. The predicted molar refractivity (Wildman–Crippen MR) is 149 cm³/mol. The Bertz CT molecular complexity index is 1440. The number of piperazine rings is 1. The first-order chi connectivity index (χ1) is 19.8. The molecule has 2 aromatic carbocycles. The van der Waals surface area contributed by atoms with Gasteiger partial charge in [0.2, 0.25) is 11.8 Å². The number of hydrogen-bond donors (Lipinski definition) is 1. The topological polar surface area (TPSA) is 110 Å². The van der Waals surface area contributed by atoms with Crippen LogP contribution in [0.25, 0.3) is 0 Å². The molecule has 216 valence electrons. The molecule has 0 radical (unpaired) electrons. The lowest BCUT2D eigenvalue weighted by Crippen LogP contribution is -2.54. The maximum Gasteiger partial charge on any atom is 0.262 e. The van der Waals surface area contributed by atoms with Crippen molar-refractivity contribution >= 4 is 40.3 Å². The highest BCUT2D eigenvalue weighted by Crippen LogP contribution is 2.33. The summed E-state index contributed by atoms with van der Waals surface area (Å²) in [5.41, 5.74) is 1.31. The van der Waals surface area contributed by atoms with Crippen LogP contribution in [0.5, 0.6) is 0 Å². The van der Waals surface area contributed by atoms with E-state index < -0.39 is 46.5 Å². The normalized spacial score (nSPS) is 23.1. The van der Waals surface area contributed by atoms with Crippen molar-refractivity contribution in [2.45, 2.75) is 49.6 Å². The summed E-state index contributed by atoms with van der Waals surface area (Å²) in [5, 5.41) is 2.17. The number of hydrogen-bond acceptors (Lipinski definition) is 7. The van der Waals surface area contributed by atoms with Gasteiger partial charge < -0.3 is 4.90 Å². The molecule has 6 rings (SSSR count). The minimum Gasteiger partial charge on any atom is -0.367 e. The maximum atomic E-state index is 15.3. The number of carbonyl (C=O) groups excluding carboxylic acids is 4. The number of amides is 4. The average Bonchev–Trinajstić information content (AvgIpc) is 3.21. The summed E-state index contributed by atoms with van der Waals surface area (Å²) in [5.74, 6) is -3.12. The van der Waals surface area contributed by atoms with E-state index in [2.05, 4.69) is 10.2 Å². The summed E-state index contributed by atoms with van der Waals surface area (Å²) in [6, 6.07) is 9.29. The molecule has 4 aliphatic rings. The van der Waals surface area contributed by atoms with Crippen LogP contribution in [-0.4, -0.2) is 87.3 Å². The lowest BCUT2D eigenvalue weighted by atomic mass is 10.0. The second kappa shape index (κ2) is 11.4. The van der Waals surface area contributed by atoms with E-state index in [0.717, 1.165) is 47.4 Å². The molecule has 2 aromatic rings. The Morgan fingerprint density at radius 1 is 0.878 bits per heavy atom. The Hall–Kier alpha value is -3.48. The van der Waals surface area contributed by atoms with Gasteiger partial charge >= 0.3 is 0 Å². The van der Waals surface area contributed by atoms with Crippen LogP contribution in [0.15, 0.2) is 41.3 Å². The predicted octanol–water partition coefficient (Wildman–Crippen LogP) is 2.06. The molecule has 0 spiro atoms. The number of carbonyl (C=O) groups is 4. The first-order valence-electron chi connectivity index (χ1n) is 14.1. The van der Waals surface area contributed by atoms with Crippen LogP contribution in [0.4, 0.5) is 10.1 Å². The minimum atomic E-state index is -1.16. The van der Waals surface area contributed by atoms with Gasteiger partial charge in [-0.05, 0) is 49.1 Å². The molecule has 0 aromatic heterocycles. The fourth-order valence-electron chi connectivity index (χ4n) is 6.06. The number of halogens is 1. The zero-order valence-corrected chi connectivity index (χ0v) is 23.5. The highest BCUT2D eigenvalue weighted by Gasteiger charge is 2.45. The van der Waals surface area contributed by atoms with Crippen molar-refractivity contribution in [1.29, 1.82) is 0 Å². The molecule has 1 N–H and O–H groups in total. The van der Waals surface area contributed by atoms with E-state index >= 15 is 4.39 Å². The molecule has 3 fully saturated rings. The van der Waals surface area contributed by atoms with Crippen molar-refractivity contribution in [3.63, 3.8) is 0 Å². The number of fused-ring (bicyclic) bond motifs is 1. The molecule has 12 heteroatoms. The Balaban J connectivity index is 1.11. The molecule has 41 heavy (non-hydrogen) atoms. The van der Waals surface area contributed by atoms with E-state index in [-0.39, 0.29) is 29.7 Å². The molecule has 2 unspecified atom stereocenters. The molecule has 4 heterocycles. The van der Waals surface area contributed by atoms with E-state index in [1.165, 1.54) is 12.5 Å². The Kier molecular flexibility index (Phi) is 7.71. The number of rotatable bonds is 6. The smallest absolute Gasteiger partial charge is 0.262 e. The van der Waals surface area contributed by atoms with Crippen LogP contribution >= 0.6 is 0 Å². The summed E-state index contributed by atoms with van der Waals surface area (Å²) in [6.45, 7) is 4.75. The fraction of sp³-hybridized carbons (Fsp3) is 0.448. The van der Waals surface area contributed by atoms with Crippen LogP contribution in [0.1, 0.15) is 58.4 Å². The third-order valence-electron chi connectivity index (χ3n) is 8.28. The molecule has 10 nitrogen and oxygen atoms in total. The summed E-state index contributed by atoms with van der Waals surface area (Å²) in [4.78, 5) is 55.8. The van der Waals surface area contributed by atoms with Gasteiger partial charge in [0.05, 0.1) is 21.7 Å². The first kappa shape index (κ1) is 27.7. The first-order valence-corrected chi connectivity index (χ1v) is 15.2. The van der Waals surface area contributed by atoms with Gasteiger partial charge in [0.15, 0.2) is 0 Å². The molecule has 0 aliphatic carbocycles. The van der Waals surface area contributed by atoms with E-state index in [0.29, 0.717) is 32.7 Å². The summed E-state index contributed by atoms with van der Waals surface area (Å²) in [7, 11) is -1.16. The third-order valence-corrected chi connectivity index (χ3v) is 9.77. The summed E-state index contributed by atoms with van der Waals surface area (Å²) >= 11 is 0. The van der Waals surface area contributed by atoms with Gasteiger partial charge in [-0.2, -0.15) is 0 Å². The molecule has 4 aliphatic heterocycles. The van der Waals surface area contributed by atoms with Gasteiger partial charge in [-0.25, -0.2) is 12.9 Å². The van der Waals surface area contributed by atoms with Crippen LogP contribution < -0.4 is 10.2 Å². The van der Waals surface area contributed by atoms with Gasteiger partial charge in [-0.1, -0.05) is 18.6 Å². The zero-order chi connectivity index (χ0) is 28.7. The number of benzene rings is 2. The SMILES string of the molecule is O=C1CCC(N2C(=O)c3cc(F)c(N4CCN(Cc5cccc(S(=O)N6CCCCC6)c5)CC4)cc3C2=O)C(=O)N1. The van der Waals surface area contributed by atoms with Gasteiger partial charge in [0, 0.05) is 52.2 Å². The van der Waals surface area contributed by atoms with Crippen LogP contribution in [0.2, 0.25) is 0 Å². The number of piperidine rings is 2. The largest absolute Gasteiger partial charge is 0.367 e. The molecule has 0 bridgehead atoms. The summed E-state index contributed by atoms with van der Waals surface area (Å²) in [6.07, 6.45) is 3.40. The molecule has 4 amide bonds. The quantitative estimate of drug-likeness (QED) is 0.520. The Morgan fingerprint density at radius 2 is 1.59 bits per heavy atom. The highest BCUT2D eigenvalue weighted by atomic mass is 32.2. The van der Waals surface area contributed by atoms with Crippen LogP contribution in [0, 0.1) is 5.82 Å². The van der Waals surface area contributed by atoms with E-state index in [1.807, 2.05) is 33.5 Å². The second-order valence-electron chi connectivity index (χ2n) is 10.9. The van der Waals surface area contributed by atoms with Crippen molar-refractivity contribution in [2.75, 3.05) is 44.2 Å². The molecule has 0 saturated carbocycles. The molecule has 2 atom stereocenters. The average molecular weight is 582 g/mol. The number of nitrogens with zero attached hydrogens (tertiary/aromatic N) is 4. The van der Waals surface area contributed by atoms with Crippen molar-refractivity contribution in [3.05, 3.63) is 58.9 Å². The van der Waals surface area contributed by atoms with Crippen LogP contribution in [-0.2, 0) is 27.1 Å². The lowest BCUT2D eigenvalue weighted by Gasteiger charge is -2.36. The minimum absolute atomic E-state index is 0.0221. The van der Waals surface area contributed by atoms with Gasteiger partial charge in [0.1, 0.15) is 22.8 Å². The highest BCUT2D eigenvalue weighted by molar-refractivity contribution is 7.82. The molecule has 3 saturated heterocycles. The van der Waals surface area contributed by atoms with E-state index in [9.17, 15) is 23.4 Å². The van der Waals surface area contributed by atoms with Crippen LogP contribution in [0.3, 0.4) is 0 Å². The third kappa shape index (κ3) is 5.43. The molecular formula is C29H32FN5O5S. The fourth-order valence-corrected chi connectivity index (χ4v) is 7.39. The number of imide groups is 2. The second-order valence-corrected chi connectivity index (χ2v) is 12.4. The van der Waals surface area contributed by atoms with Crippen molar-refractivity contribution in [1.82, 2.24) is 19.4 Å². The van der Waals surface area contributed by atoms with E-state index in [1.54, 1.807) is 0 Å². The Morgan fingerprint density at radius 3 is 2.29 bits per heavy atom. The van der Waals surface area contributed by atoms with Crippen molar-refractivity contribution < 1.29 is 27.8 Å². The lowest BCUT2D eigenvalue weighted by molar-refractivity contribution is -0.136. The van der Waals surface area contributed by atoms with Gasteiger partial charge in [0.25, 0.3) is 11.8 Å². The van der Waals surface area contributed by atoms with Gasteiger partial charge in [-0.3, -0.25) is 34.3 Å². The maximum absolute atomic E-state index is 15.3. The monoisotopic (exact) mass is 581 g/mol. The van der Waals surface area contributed by atoms with E-state index in [4.69, 9.17) is 0 Å². The zero-order valence-electron chi connectivity index (χ0n) is 22.6. The Labute approximate surface area is 240 Å². The van der Waals surface area contributed by atoms with Crippen molar-refractivity contribution in [3.8, 4) is 0 Å². The number of anilines is 1. The van der Waals surface area contributed by atoms with Gasteiger partial charge in [-0.15, -0.1) is 0 Å². The molecular weight excluding hydrogens is 549 g/mol. The standard InChI is InChI=1S/C29H32FN5O5S/c30-23-16-21-22(29(39)35(28(21)38)24-7-8-26(36)31-27(24)37)17-25(23)33-13-11-32(12-14-33)18-19-5-4-6-20(15-19)41(40)34-9-2-1-3-10-34/h4-6,15-17,24H,1-3,7-14,18H2,(H,31,36,37). The summed E-state index contributed by atoms with van der Waals surface area (Å²) < 4.78 is 30.3.